The summed E-state index contributed by atoms with van der Waals surface area (Å²) in [6.07, 6.45) is 0.269. The topological polar surface area (TPSA) is 61.4 Å². The van der Waals surface area contributed by atoms with Crippen molar-refractivity contribution < 1.29 is 14.0 Å². The van der Waals surface area contributed by atoms with Crippen LogP contribution in [-0.2, 0) is 4.79 Å². The first-order chi connectivity index (χ1) is 8.66. The van der Waals surface area contributed by atoms with Crippen LogP contribution >= 0.6 is 0 Å². The Morgan fingerprint density at radius 2 is 2.11 bits per heavy atom. The van der Waals surface area contributed by atoms with E-state index in [4.69, 9.17) is 0 Å². The summed E-state index contributed by atoms with van der Waals surface area (Å²) in [6, 6.07) is 5.58. The number of carbonyl (C=O) groups excluding carboxylic acids is 2. The van der Waals surface area contributed by atoms with E-state index in [-0.39, 0.29) is 18.0 Å². The molecule has 1 fully saturated rings. The number of benzene rings is 1. The molecular weight excluding hydrogens is 237 g/mol. The molecule has 0 radical (unpaired) electrons. The van der Waals surface area contributed by atoms with Gasteiger partial charge in [-0.1, -0.05) is 12.1 Å². The maximum atomic E-state index is 13.4. The van der Waals surface area contributed by atoms with Crippen LogP contribution < -0.4 is 10.6 Å². The number of urea groups is 1. The number of para-hydroxylation sites is 1. The van der Waals surface area contributed by atoms with Crippen molar-refractivity contribution in [1.82, 2.24) is 10.2 Å². The highest BCUT2D eigenvalue weighted by Gasteiger charge is 2.18. The van der Waals surface area contributed by atoms with Gasteiger partial charge in [-0.25, -0.2) is 9.18 Å². The van der Waals surface area contributed by atoms with Crippen molar-refractivity contribution >= 4 is 17.6 Å². The molecule has 1 heterocycles. The molecule has 3 amide bonds. The molecule has 0 unspecified atom stereocenters. The van der Waals surface area contributed by atoms with Gasteiger partial charge in [-0.2, -0.15) is 0 Å². The number of nitrogens with one attached hydrogen (secondary N) is 2. The van der Waals surface area contributed by atoms with Crippen LogP contribution in [0.3, 0.4) is 0 Å². The number of halogens is 1. The quantitative estimate of drug-likeness (QED) is 0.787. The Morgan fingerprint density at radius 1 is 1.33 bits per heavy atom. The van der Waals surface area contributed by atoms with Crippen LogP contribution in [0.2, 0.25) is 0 Å². The Kier molecular flexibility index (Phi) is 3.76. The normalized spacial score (nSPS) is 15.8. The Bertz CT molecular complexity index is 464. The third-order valence-corrected chi connectivity index (χ3v) is 2.72. The Labute approximate surface area is 104 Å². The van der Waals surface area contributed by atoms with Crippen molar-refractivity contribution in [1.29, 1.82) is 0 Å². The SMILES string of the molecule is O=C1CCN(C(=O)Nc2ccccc2F)CCN1. The lowest BCUT2D eigenvalue weighted by Gasteiger charge is -2.20. The van der Waals surface area contributed by atoms with E-state index in [1.807, 2.05) is 0 Å². The van der Waals surface area contributed by atoms with Gasteiger partial charge in [0, 0.05) is 26.1 Å². The van der Waals surface area contributed by atoms with Gasteiger partial charge in [0.2, 0.25) is 5.91 Å². The van der Waals surface area contributed by atoms with E-state index in [1.165, 1.54) is 17.0 Å². The number of hydrogen-bond acceptors (Lipinski definition) is 2. The monoisotopic (exact) mass is 251 g/mol. The van der Waals surface area contributed by atoms with Crippen LogP contribution in [0.25, 0.3) is 0 Å². The fourth-order valence-corrected chi connectivity index (χ4v) is 1.73. The van der Waals surface area contributed by atoms with E-state index in [9.17, 15) is 14.0 Å². The average Bonchev–Trinajstić information content (AvgIpc) is 2.57. The molecule has 5 nitrogen and oxygen atoms in total. The second-order valence-electron chi connectivity index (χ2n) is 4.00. The molecule has 0 atom stereocenters. The van der Waals surface area contributed by atoms with Crippen LogP contribution in [0.1, 0.15) is 6.42 Å². The van der Waals surface area contributed by atoms with Crippen molar-refractivity contribution in [2.45, 2.75) is 6.42 Å². The molecule has 0 aliphatic carbocycles. The summed E-state index contributed by atoms with van der Waals surface area (Å²) in [6.45, 7) is 1.18. The number of carbonyl (C=O) groups is 2. The molecular formula is C12H14FN3O2. The summed E-state index contributed by atoms with van der Waals surface area (Å²) in [5, 5.41) is 5.17. The van der Waals surface area contributed by atoms with Crippen molar-refractivity contribution in [2.75, 3.05) is 25.0 Å². The highest BCUT2D eigenvalue weighted by Crippen LogP contribution is 2.13. The highest BCUT2D eigenvalue weighted by atomic mass is 19.1. The third kappa shape index (κ3) is 2.97. The lowest BCUT2D eigenvalue weighted by atomic mass is 10.3. The molecule has 1 aliphatic rings. The molecule has 0 saturated carbocycles. The summed E-state index contributed by atoms with van der Waals surface area (Å²) >= 11 is 0. The second kappa shape index (κ2) is 5.48. The van der Waals surface area contributed by atoms with Gasteiger partial charge in [0.1, 0.15) is 5.82 Å². The van der Waals surface area contributed by atoms with Crippen LogP contribution in [0.15, 0.2) is 24.3 Å². The van der Waals surface area contributed by atoms with Crippen LogP contribution in [-0.4, -0.2) is 36.5 Å². The maximum absolute atomic E-state index is 13.4. The molecule has 1 aliphatic heterocycles. The molecule has 1 aromatic carbocycles. The zero-order valence-electron chi connectivity index (χ0n) is 9.78. The number of rotatable bonds is 1. The number of anilines is 1. The predicted octanol–water partition coefficient (Wildman–Crippen LogP) is 1.18. The van der Waals surface area contributed by atoms with Gasteiger partial charge < -0.3 is 15.5 Å². The summed E-state index contributed by atoms with van der Waals surface area (Å²) in [5.41, 5.74) is 0.144. The van der Waals surface area contributed by atoms with E-state index in [0.29, 0.717) is 19.6 Å². The van der Waals surface area contributed by atoms with Gasteiger partial charge in [0.15, 0.2) is 0 Å². The van der Waals surface area contributed by atoms with E-state index >= 15 is 0 Å². The number of hydrogen-bond donors (Lipinski definition) is 2. The highest BCUT2D eigenvalue weighted by molar-refractivity contribution is 5.90. The zero-order chi connectivity index (χ0) is 13.0. The molecule has 18 heavy (non-hydrogen) atoms. The van der Waals surface area contributed by atoms with E-state index in [1.54, 1.807) is 12.1 Å². The van der Waals surface area contributed by atoms with Crippen LogP contribution in [0, 0.1) is 5.82 Å². The number of nitrogens with zero attached hydrogens (tertiary/aromatic N) is 1. The summed E-state index contributed by atoms with van der Waals surface area (Å²) < 4.78 is 13.4. The lowest BCUT2D eigenvalue weighted by Crippen LogP contribution is -2.37. The van der Waals surface area contributed by atoms with E-state index in [0.717, 1.165) is 0 Å². The molecule has 2 rings (SSSR count). The Hall–Kier alpha value is -2.11. The third-order valence-electron chi connectivity index (χ3n) is 2.72. The van der Waals surface area contributed by atoms with Crippen molar-refractivity contribution in [3.63, 3.8) is 0 Å². The summed E-state index contributed by atoms with van der Waals surface area (Å²) in [5.74, 6) is -0.550. The van der Waals surface area contributed by atoms with E-state index in [2.05, 4.69) is 10.6 Å². The van der Waals surface area contributed by atoms with Crippen molar-refractivity contribution in [3.8, 4) is 0 Å². The zero-order valence-corrected chi connectivity index (χ0v) is 9.78. The largest absolute Gasteiger partial charge is 0.354 e. The standard InChI is InChI=1S/C12H14FN3O2/c13-9-3-1-2-4-10(9)15-12(18)16-7-5-11(17)14-6-8-16/h1-4H,5-8H2,(H,14,17)(H,15,18). The molecule has 0 aromatic heterocycles. The molecule has 0 spiro atoms. The van der Waals surface area contributed by atoms with Gasteiger partial charge in [-0.15, -0.1) is 0 Å². The van der Waals surface area contributed by atoms with Gasteiger partial charge in [0.25, 0.3) is 0 Å². The minimum atomic E-state index is -0.477. The van der Waals surface area contributed by atoms with Crippen LogP contribution in [0.5, 0.6) is 0 Å². The Morgan fingerprint density at radius 3 is 2.89 bits per heavy atom. The summed E-state index contributed by atoms with van der Waals surface area (Å²) in [7, 11) is 0. The summed E-state index contributed by atoms with van der Waals surface area (Å²) in [4.78, 5) is 24.5. The second-order valence-corrected chi connectivity index (χ2v) is 4.00. The minimum absolute atomic E-state index is 0.0730. The van der Waals surface area contributed by atoms with Crippen molar-refractivity contribution in [3.05, 3.63) is 30.1 Å². The minimum Gasteiger partial charge on any atom is -0.354 e. The van der Waals surface area contributed by atoms with Gasteiger partial charge in [-0.3, -0.25) is 4.79 Å². The van der Waals surface area contributed by atoms with Crippen molar-refractivity contribution in [2.24, 2.45) is 0 Å². The van der Waals surface area contributed by atoms with Gasteiger partial charge >= 0.3 is 6.03 Å². The molecule has 1 saturated heterocycles. The first kappa shape index (κ1) is 12.3. The first-order valence-electron chi connectivity index (χ1n) is 5.74. The van der Waals surface area contributed by atoms with Gasteiger partial charge in [-0.05, 0) is 12.1 Å². The number of amides is 3. The lowest BCUT2D eigenvalue weighted by molar-refractivity contribution is -0.120. The molecule has 0 bridgehead atoms. The predicted molar refractivity (Wildman–Crippen MR) is 64.6 cm³/mol. The molecule has 1 aromatic rings. The first-order valence-corrected chi connectivity index (χ1v) is 5.74. The average molecular weight is 251 g/mol. The molecule has 6 heteroatoms. The van der Waals surface area contributed by atoms with Crippen LogP contribution in [0.4, 0.5) is 14.9 Å². The molecule has 2 N–H and O–H groups in total. The smallest absolute Gasteiger partial charge is 0.322 e. The Balaban J connectivity index is 1.99. The fraction of sp³-hybridized carbons (Fsp3) is 0.333. The van der Waals surface area contributed by atoms with Gasteiger partial charge in [0.05, 0.1) is 5.69 Å². The molecule has 96 valence electrons. The van der Waals surface area contributed by atoms with E-state index < -0.39 is 11.8 Å². The maximum Gasteiger partial charge on any atom is 0.322 e. The fourth-order valence-electron chi connectivity index (χ4n) is 1.73.